The normalized spacial score (nSPS) is 10.2. The Morgan fingerprint density at radius 1 is 1.04 bits per heavy atom. The summed E-state index contributed by atoms with van der Waals surface area (Å²) in [5.41, 5.74) is 1.14. The van der Waals surface area contributed by atoms with Crippen LogP contribution < -0.4 is 10.1 Å². The van der Waals surface area contributed by atoms with Crippen molar-refractivity contribution >= 4 is 35.1 Å². The van der Waals surface area contributed by atoms with Gasteiger partial charge in [-0.25, -0.2) is 0 Å². The van der Waals surface area contributed by atoms with Crippen LogP contribution in [0.5, 0.6) is 5.75 Å². The number of hydrogen-bond donors (Lipinski definition) is 1. The number of benzene rings is 2. The van der Waals surface area contributed by atoms with E-state index in [2.05, 4.69) is 5.32 Å². The standard InChI is InChI=1S/C18H17Cl2NO4/c1-2-24-14-6-4-13(5-7-14)18(23)21-10-17(22)25-11-12-3-8-15(19)16(20)9-12/h3-9H,2,10-11H2,1H3,(H,21,23). The third-order valence-corrected chi connectivity index (χ3v) is 3.94. The molecule has 5 nitrogen and oxygen atoms in total. The van der Waals surface area contributed by atoms with Crippen LogP contribution in [0.4, 0.5) is 0 Å². The maximum atomic E-state index is 12.0. The third-order valence-electron chi connectivity index (χ3n) is 3.20. The van der Waals surface area contributed by atoms with Crippen LogP contribution in [0.3, 0.4) is 0 Å². The van der Waals surface area contributed by atoms with Crippen molar-refractivity contribution in [1.29, 1.82) is 0 Å². The smallest absolute Gasteiger partial charge is 0.325 e. The van der Waals surface area contributed by atoms with E-state index in [1.807, 2.05) is 6.92 Å². The molecule has 0 atom stereocenters. The monoisotopic (exact) mass is 381 g/mol. The van der Waals surface area contributed by atoms with E-state index in [9.17, 15) is 9.59 Å². The number of nitrogens with one attached hydrogen (secondary N) is 1. The largest absolute Gasteiger partial charge is 0.494 e. The molecule has 0 aliphatic heterocycles. The van der Waals surface area contributed by atoms with Gasteiger partial charge in [0.1, 0.15) is 18.9 Å². The summed E-state index contributed by atoms with van der Waals surface area (Å²) in [4.78, 5) is 23.7. The molecular weight excluding hydrogens is 365 g/mol. The van der Waals surface area contributed by atoms with Gasteiger partial charge in [-0.3, -0.25) is 9.59 Å². The average Bonchev–Trinajstić information content (AvgIpc) is 2.61. The highest BCUT2D eigenvalue weighted by Gasteiger charge is 2.10. The van der Waals surface area contributed by atoms with Gasteiger partial charge in [-0.05, 0) is 48.9 Å². The molecule has 0 bridgehead atoms. The first-order valence-corrected chi connectivity index (χ1v) is 8.35. The Kier molecular flexibility index (Phi) is 7.10. The van der Waals surface area contributed by atoms with Crippen LogP contribution in [0.25, 0.3) is 0 Å². The second kappa shape index (κ2) is 9.30. The molecule has 132 valence electrons. The SMILES string of the molecule is CCOc1ccc(C(=O)NCC(=O)OCc2ccc(Cl)c(Cl)c2)cc1. The number of amides is 1. The molecule has 2 aromatic carbocycles. The molecule has 2 rings (SSSR count). The molecule has 0 aliphatic rings. The van der Waals surface area contributed by atoms with E-state index in [1.54, 1.807) is 42.5 Å². The molecule has 1 N–H and O–H groups in total. The van der Waals surface area contributed by atoms with Gasteiger partial charge in [0.25, 0.3) is 5.91 Å². The summed E-state index contributed by atoms with van der Waals surface area (Å²) >= 11 is 11.7. The lowest BCUT2D eigenvalue weighted by Crippen LogP contribution is -2.30. The van der Waals surface area contributed by atoms with Crippen molar-refractivity contribution in [3.63, 3.8) is 0 Å². The zero-order valence-corrected chi connectivity index (χ0v) is 15.1. The van der Waals surface area contributed by atoms with Gasteiger partial charge < -0.3 is 14.8 Å². The maximum Gasteiger partial charge on any atom is 0.325 e. The van der Waals surface area contributed by atoms with E-state index in [-0.39, 0.29) is 19.1 Å². The Labute approximate surface area is 155 Å². The zero-order chi connectivity index (χ0) is 18.2. The Morgan fingerprint density at radius 3 is 2.40 bits per heavy atom. The minimum atomic E-state index is -0.551. The van der Waals surface area contributed by atoms with E-state index < -0.39 is 5.97 Å². The molecule has 0 heterocycles. The molecule has 0 spiro atoms. The highest BCUT2D eigenvalue weighted by atomic mass is 35.5. The highest BCUT2D eigenvalue weighted by molar-refractivity contribution is 6.42. The molecule has 0 radical (unpaired) electrons. The first kappa shape index (κ1) is 19.1. The second-order valence-corrected chi connectivity index (χ2v) is 5.86. The molecule has 0 saturated heterocycles. The van der Waals surface area contributed by atoms with Crippen LogP contribution in [-0.2, 0) is 16.1 Å². The average molecular weight is 382 g/mol. The van der Waals surface area contributed by atoms with Crippen LogP contribution in [0.1, 0.15) is 22.8 Å². The maximum absolute atomic E-state index is 12.0. The number of carbonyl (C=O) groups excluding carboxylic acids is 2. The summed E-state index contributed by atoms with van der Waals surface area (Å²) in [7, 11) is 0. The van der Waals surface area contributed by atoms with Crippen molar-refractivity contribution in [1.82, 2.24) is 5.32 Å². The van der Waals surface area contributed by atoms with Gasteiger partial charge in [-0.1, -0.05) is 29.3 Å². The van der Waals surface area contributed by atoms with Crippen LogP contribution in [-0.4, -0.2) is 25.0 Å². The van der Waals surface area contributed by atoms with Gasteiger partial charge in [-0.2, -0.15) is 0 Å². The first-order chi connectivity index (χ1) is 12.0. The van der Waals surface area contributed by atoms with Crippen LogP contribution in [0.15, 0.2) is 42.5 Å². The quantitative estimate of drug-likeness (QED) is 0.739. The predicted molar refractivity (Wildman–Crippen MR) is 96.2 cm³/mol. The molecule has 0 saturated carbocycles. The minimum absolute atomic E-state index is 0.0502. The molecule has 0 aromatic heterocycles. The van der Waals surface area contributed by atoms with E-state index in [0.29, 0.717) is 33.5 Å². The molecule has 25 heavy (non-hydrogen) atoms. The molecule has 7 heteroatoms. The molecule has 0 aliphatic carbocycles. The van der Waals surface area contributed by atoms with Crippen molar-refractivity contribution in [2.75, 3.05) is 13.2 Å². The Balaban J connectivity index is 1.78. The minimum Gasteiger partial charge on any atom is -0.494 e. The van der Waals surface area contributed by atoms with Crippen molar-refractivity contribution < 1.29 is 19.1 Å². The van der Waals surface area contributed by atoms with Crippen molar-refractivity contribution in [2.45, 2.75) is 13.5 Å². The number of rotatable bonds is 7. The summed E-state index contributed by atoms with van der Waals surface area (Å²) in [5, 5.41) is 3.32. The number of carbonyl (C=O) groups is 2. The summed E-state index contributed by atoms with van der Waals surface area (Å²) in [6.45, 7) is 2.25. The fourth-order valence-corrected chi connectivity index (χ4v) is 2.29. The van der Waals surface area contributed by atoms with Crippen LogP contribution in [0, 0.1) is 0 Å². The van der Waals surface area contributed by atoms with Gasteiger partial charge in [-0.15, -0.1) is 0 Å². The Morgan fingerprint density at radius 2 is 1.76 bits per heavy atom. The van der Waals surface area contributed by atoms with E-state index >= 15 is 0 Å². The second-order valence-electron chi connectivity index (χ2n) is 5.05. The van der Waals surface area contributed by atoms with Gasteiger partial charge in [0, 0.05) is 5.56 Å². The highest BCUT2D eigenvalue weighted by Crippen LogP contribution is 2.22. The summed E-state index contributed by atoms with van der Waals surface area (Å²) in [6.07, 6.45) is 0. The lowest BCUT2D eigenvalue weighted by molar-refractivity contribution is -0.143. The Hall–Kier alpha value is -2.24. The molecule has 1 amide bonds. The fourth-order valence-electron chi connectivity index (χ4n) is 1.97. The molecule has 0 fully saturated rings. The zero-order valence-electron chi connectivity index (χ0n) is 13.6. The van der Waals surface area contributed by atoms with Crippen molar-refractivity contribution in [2.24, 2.45) is 0 Å². The molecule has 0 unspecified atom stereocenters. The Bertz CT molecular complexity index is 747. The molecule has 2 aromatic rings. The lowest BCUT2D eigenvalue weighted by Gasteiger charge is -2.08. The van der Waals surface area contributed by atoms with Crippen molar-refractivity contribution in [3.8, 4) is 5.75 Å². The van der Waals surface area contributed by atoms with Crippen LogP contribution >= 0.6 is 23.2 Å². The van der Waals surface area contributed by atoms with Gasteiger partial charge in [0.2, 0.25) is 0 Å². The van der Waals surface area contributed by atoms with E-state index in [1.165, 1.54) is 0 Å². The summed E-state index contributed by atoms with van der Waals surface area (Å²) < 4.78 is 10.4. The molecular formula is C18H17Cl2NO4. The topological polar surface area (TPSA) is 64.6 Å². The van der Waals surface area contributed by atoms with Crippen LogP contribution in [0.2, 0.25) is 10.0 Å². The third kappa shape index (κ3) is 5.96. The van der Waals surface area contributed by atoms with Gasteiger partial charge in [0.15, 0.2) is 0 Å². The van der Waals surface area contributed by atoms with Gasteiger partial charge >= 0.3 is 5.97 Å². The number of halogens is 2. The number of hydrogen-bond acceptors (Lipinski definition) is 4. The van der Waals surface area contributed by atoms with Gasteiger partial charge in [0.05, 0.1) is 16.7 Å². The number of esters is 1. The summed E-state index contributed by atoms with van der Waals surface area (Å²) in [6, 6.07) is 11.6. The summed E-state index contributed by atoms with van der Waals surface area (Å²) in [5.74, 6) is -0.236. The number of ether oxygens (including phenoxy) is 2. The lowest BCUT2D eigenvalue weighted by atomic mass is 10.2. The fraction of sp³-hybridized carbons (Fsp3) is 0.222. The van der Waals surface area contributed by atoms with E-state index in [4.69, 9.17) is 32.7 Å². The van der Waals surface area contributed by atoms with Crippen molar-refractivity contribution in [3.05, 3.63) is 63.6 Å². The first-order valence-electron chi connectivity index (χ1n) is 7.60. The predicted octanol–water partition coefficient (Wildman–Crippen LogP) is 3.87. The van der Waals surface area contributed by atoms with E-state index in [0.717, 1.165) is 0 Å².